The van der Waals surface area contributed by atoms with Gasteiger partial charge in [0, 0.05) is 19.6 Å². The molecule has 4 aromatic carbocycles. The van der Waals surface area contributed by atoms with E-state index in [-0.39, 0.29) is 11.9 Å². The van der Waals surface area contributed by atoms with Crippen LogP contribution in [0.1, 0.15) is 46.3 Å². The van der Waals surface area contributed by atoms with Gasteiger partial charge in [-0.05, 0) is 60.2 Å². The maximum absolute atomic E-state index is 12.7. The Kier molecular flexibility index (Phi) is 7.67. The summed E-state index contributed by atoms with van der Waals surface area (Å²) in [6.45, 7) is 6.30. The quantitative estimate of drug-likeness (QED) is 0.319. The van der Waals surface area contributed by atoms with Gasteiger partial charge in [-0.15, -0.1) is 0 Å². The van der Waals surface area contributed by atoms with Gasteiger partial charge < -0.3 is 10.1 Å². The molecule has 0 spiro atoms. The summed E-state index contributed by atoms with van der Waals surface area (Å²) in [5, 5.41) is 2.98. The molecule has 4 aromatic rings. The molecular formula is C33H34N2O2. The largest absolute Gasteiger partial charge is 0.481 e. The summed E-state index contributed by atoms with van der Waals surface area (Å²) >= 11 is 0. The predicted molar refractivity (Wildman–Crippen MR) is 148 cm³/mol. The monoisotopic (exact) mass is 490 g/mol. The molecule has 0 fully saturated rings. The first-order valence-electron chi connectivity index (χ1n) is 13.0. The van der Waals surface area contributed by atoms with Gasteiger partial charge in [-0.2, -0.15) is 0 Å². The van der Waals surface area contributed by atoms with Crippen molar-refractivity contribution in [3.05, 3.63) is 137 Å². The van der Waals surface area contributed by atoms with Crippen molar-refractivity contribution < 1.29 is 9.53 Å². The second kappa shape index (κ2) is 11.4. The van der Waals surface area contributed by atoms with Crippen molar-refractivity contribution in [2.45, 2.75) is 45.5 Å². The van der Waals surface area contributed by atoms with Crippen LogP contribution < -0.4 is 10.1 Å². The van der Waals surface area contributed by atoms with Gasteiger partial charge in [-0.25, -0.2) is 0 Å². The van der Waals surface area contributed by atoms with Crippen LogP contribution in [0, 0.1) is 6.92 Å². The highest BCUT2D eigenvalue weighted by molar-refractivity contribution is 5.80. The van der Waals surface area contributed by atoms with Gasteiger partial charge in [0.15, 0.2) is 6.10 Å². The van der Waals surface area contributed by atoms with Crippen LogP contribution in [0.2, 0.25) is 0 Å². The minimum Gasteiger partial charge on any atom is -0.481 e. The summed E-state index contributed by atoms with van der Waals surface area (Å²) in [4.78, 5) is 15.3. The van der Waals surface area contributed by atoms with E-state index in [1.807, 2.05) is 36.4 Å². The fraction of sp³-hybridized carbons (Fsp3) is 0.242. The first kappa shape index (κ1) is 24.8. The van der Waals surface area contributed by atoms with E-state index in [0.717, 1.165) is 30.8 Å². The molecule has 0 unspecified atom stereocenters. The SMILES string of the molecule is Cc1cccc(CN2CCc3ccc(O[C@@H](C)C(=O)NCc4ccccc4)cc3[C@H]2c2ccccc2)c1. The number of nitrogens with zero attached hydrogens (tertiary/aromatic N) is 1. The summed E-state index contributed by atoms with van der Waals surface area (Å²) in [6.07, 6.45) is 0.390. The summed E-state index contributed by atoms with van der Waals surface area (Å²) < 4.78 is 6.15. The Balaban J connectivity index is 1.36. The topological polar surface area (TPSA) is 41.6 Å². The van der Waals surface area contributed by atoms with Crippen molar-refractivity contribution >= 4 is 5.91 Å². The molecule has 0 saturated heterocycles. The molecule has 5 rings (SSSR count). The van der Waals surface area contributed by atoms with Crippen LogP contribution >= 0.6 is 0 Å². The second-order valence-electron chi connectivity index (χ2n) is 9.85. The Hall–Kier alpha value is -3.89. The first-order valence-corrected chi connectivity index (χ1v) is 13.0. The normalized spacial score (nSPS) is 16.0. The van der Waals surface area contributed by atoms with Crippen molar-refractivity contribution in [2.75, 3.05) is 6.54 Å². The van der Waals surface area contributed by atoms with Gasteiger partial charge >= 0.3 is 0 Å². The highest BCUT2D eigenvalue weighted by Crippen LogP contribution is 2.38. The summed E-state index contributed by atoms with van der Waals surface area (Å²) in [7, 11) is 0. The fourth-order valence-corrected chi connectivity index (χ4v) is 5.15. The molecule has 37 heavy (non-hydrogen) atoms. The van der Waals surface area contributed by atoms with Gasteiger partial charge in [0.25, 0.3) is 5.91 Å². The number of ether oxygens (including phenoxy) is 1. The lowest BCUT2D eigenvalue weighted by Crippen LogP contribution is -2.37. The molecule has 4 nitrogen and oxygen atoms in total. The Morgan fingerprint density at radius 1 is 0.919 bits per heavy atom. The molecule has 1 N–H and O–H groups in total. The summed E-state index contributed by atoms with van der Waals surface area (Å²) in [6, 6.07) is 35.8. The summed E-state index contributed by atoms with van der Waals surface area (Å²) in [5.41, 5.74) is 7.52. The Labute approximate surface area is 219 Å². The molecule has 0 bridgehead atoms. The molecular weight excluding hydrogens is 456 g/mol. The Bertz CT molecular complexity index is 1340. The van der Waals surface area contributed by atoms with Crippen molar-refractivity contribution in [1.29, 1.82) is 0 Å². The van der Waals surface area contributed by atoms with Gasteiger partial charge in [0.05, 0.1) is 6.04 Å². The number of benzene rings is 4. The highest BCUT2D eigenvalue weighted by Gasteiger charge is 2.29. The lowest BCUT2D eigenvalue weighted by molar-refractivity contribution is -0.127. The van der Waals surface area contributed by atoms with E-state index >= 15 is 0 Å². The number of hydrogen-bond acceptors (Lipinski definition) is 3. The van der Waals surface area contributed by atoms with Crippen LogP contribution in [0.5, 0.6) is 5.75 Å². The van der Waals surface area contributed by atoms with Crippen molar-refractivity contribution in [3.63, 3.8) is 0 Å². The van der Waals surface area contributed by atoms with E-state index in [1.54, 1.807) is 6.92 Å². The van der Waals surface area contributed by atoms with E-state index in [2.05, 4.69) is 83.9 Å². The molecule has 188 valence electrons. The van der Waals surface area contributed by atoms with E-state index in [9.17, 15) is 4.79 Å². The minimum atomic E-state index is -0.594. The molecule has 0 saturated carbocycles. The zero-order chi connectivity index (χ0) is 25.6. The summed E-state index contributed by atoms with van der Waals surface area (Å²) in [5.74, 6) is 0.599. The predicted octanol–water partition coefficient (Wildman–Crippen LogP) is 6.23. The number of hydrogen-bond donors (Lipinski definition) is 1. The number of aryl methyl sites for hydroxylation is 1. The molecule has 1 aliphatic rings. The number of carbonyl (C=O) groups excluding carboxylic acids is 1. The van der Waals surface area contributed by atoms with Crippen LogP contribution in [0.15, 0.2) is 103 Å². The molecule has 0 radical (unpaired) electrons. The van der Waals surface area contributed by atoms with Crippen molar-refractivity contribution in [2.24, 2.45) is 0 Å². The zero-order valence-electron chi connectivity index (χ0n) is 21.6. The Morgan fingerprint density at radius 2 is 1.65 bits per heavy atom. The van der Waals surface area contributed by atoms with E-state index in [1.165, 1.54) is 27.8 Å². The van der Waals surface area contributed by atoms with Crippen LogP contribution in [-0.4, -0.2) is 23.5 Å². The third-order valence-electron chi connectivity index (χ3n) is 7.02. The van der Waals surface area contributed by atoms with E-state index < -0.39 is 6.10 Å². The molecule has 1 heterocycles. The van der Waals surface area contributed by atoms with Gasteiger partial charge in [0.2, 0.25) is 0 Å². The van der Waals surface area contributed by atoms with E-state index in [0.29, 0.717) is 6.54 Å². The molecule has 0 aromatic heterocycles. The lowest BCUT2D eigenvalue weighted by atomic mass is 9.87. The average molecular weight is 491 g/mol. The number of fused-ring (bicyclic) bond motifs is 1. The maximum atomic E-state index is 12.7. The van der Waals surface area contributed by atoms with Gasteiger partial charge in [-0.1, -0.05) is 96.6 Å². The molecule has 1 aliphatic heterocycles. The first-order chi connectivity index (χ1) is 18.1. The molecule has 0 aliphatic carbocycles. The van der Waals surface area contributed by atoms with Crippen LogP contribution in [-0.2, 0) is 24.3 Å². The fourth-order valence-electron chi connectivity index (χ4n) is 5.15. The number of amides is 1. The number of rotatable bonds is 8. The third kappa shape index (κ3) is 6.10. The van der Waals surface area contributed by atoms with Crippen LogP contribution in [0.4, 0.5) is 0 Å². The van der Waals surface area contributed by atoms with Crippen LogP contribution in [0.3, 0.4) is 0 Å². The Morgan fingerprint density at radius 3 is 2.41 bits per heavy atom. The minimum absolute atomic E-state index is 0.122. The van der Waals surface area contributed by atoms with E-state index in [4.69, 9.17) is 4.74 Å². The van der Waals surface area contributed by atoms with Crippen molar-refractivity contribution in [1.82, 2.24) is 10.2 Å². The second-order valence-corrected chi connectivity index (χ2v) is 9.85. The standard InChI is InChI=1S/C33H34N2O2/c1-24-10-9-13-27(20-24)23-35-19-18-28-16-17-30(21-31(28)32(35)29-14-7-4-8-15-29)37-25(2)33(36)34-22-26-11-5-3-6-12-26/h3-17,20-21,25,32H,18-19,22-23H2,1-2H3,(H,34,36)/t25-,32+/m0/s1. The number of nitrogens with one attached hydrogen (secondary N) is 1. The molecule has 4 heteroatoms. The molecule has 2 atom stereocenters. The maximum Gasteiger partial charge on any atom is 0.261 e. The number of carbonyl (C=O) groups is 1. The van der Waals surface area contributed by atoms with Gasteiger partial charge in [0.1, 0.15) is 5.75 Å². The lowest BCUT2D eigenvalue weighted by Gasteiger charge is -2.38. The average Bonchev–Trinajstić information content (AvgIpc) is 2.92. The van der Waals surface area contributed by atoms with Crippen molar-refractivity contribution in [3.8, 4) is 5.75 Å². The molecule has 1 amide bonds. The highest BCUT2D eigenvalue weighted by atomic mass is 16.5. The zero-order valence-corrected chi connectivity index (χ0v) is 21.6. The van der Waals surface area contributed by atoms with Gasteiger partial charge in [-0.3, -0.25) is 9.69 Å². The third-order valence-corrected chi connectivity index (χ3v) is 7.02. The van der Waals surface area contributed by atoms with Crippen LogP contribution in [0.25, 0.3) is 0 Å². The smallest absolute Gasteiger partial charge is 0.261 e.